The van der Waals surface area contributed by atoms with Crippen molar-refractivity contribution in [3.8, 4) is 0 Å². The number of rotatable bonds is 6. The van der Waals surface area contributed by atoms with E-state index in [-0.39, 0.29) is 11.9 Å². The highest BCUT2D eigenvalue weighted by atomic mass is 16.1. The highest BCUT2D eigenvalue weighted by Crippen LogP contribution is 2.22. The van der Waals surface area contributed by atoms with Crippen LogP contribution in [0, 0.1) is 13.8 Å². The molecule has 118 valence electrons. The van der Waals surface area contributed by atoms with Crippen molar-refractivity contribution in [2.24, 2.45) is 0 Å². The summed E-state index contributed by atoms with van der Waals surface area (Å²) >= 11 is 0. The summed E-state index contributed by atoms with van der Waals surface area (Å²) in [5.41, 5.74) is 2.61. The van der Waals surface area contributed by atoms with Gasteiger partial charge in [-0.2, -0.15) is 5.10 Å². The molecule has 0 spiro atoms. The number of hydrogen-bond donors (Lipinski definition) is 2. The Morgan fingerprint density at radius 2 is 1.95 bits per heavy atom. The maximum absolute atomic E-state index is 12.1. The van der Waals surface area contributed by atoms with Gasteiger partial charge in [0, 0.05) is 31.4 Å². The highest BCUT2D eigenvalue weighted by molar-refractivity contribution is 5.92. The molecule has 0 aliphatic rings. The first-order chi connectivity index (χ1) is 10.5. The second-order valence-electron chi connectivity index (χ2n) is 5.38. The van der Waals surface area contributed by atoms with Crippen molar-refractivity contribution in [2.75, 3.05) is 17.2 Å². The van der Waals surface area contributed by atoms with Gasteiger partial charge in [-0.05, 0) is 33.8 Å². The Labute approximate surface area is 130 Å². The largest absolute Gasteiger partial charge is 0.354 e. The molecule has 2 heterocycles. The standard InChI is InChI=1S/C15H22N6O/c1-10(2)21-12(4)14(11(3)20-21)19-13(22)6-9-18-15-16-7-5-8-17-15/h5,7-8,10H,6,9H2,1-4H3,(H,19,22)(H,16,17,18). The molecule has 7 nitrogen and oxygen atoms in total. The third-order valence-corrected chi connectivity index (χ3v) is 3.28. The molecule has 1 amide bonds. The van der Waals surface area contributed by atoms with Gasteiger partial charge in [0.15, 0.2) is 0 Å². The quantitative estimate of drug-likeness (QED) is 0.855. The summed E-state index contributed by atoms with van der Waals surface area (Å²) in [6.07, 6.45) is 3.65. The lowest BCUT2D eigenvalue weighted by molar-refractivity contribution is -0.116. The molecule has 0 radical (unpaired) electrons. The van der Waals surface area contributed by atoms with E-state index in [1.165, 1.54) is 0 Å². The predicted octanol–water partition coefficient (Wildman–Crippen LogP) is 2.31. The molecule has 2 aromatic rings. The van der Waals surface area contributed by atoms with E-state index in [1.54, 1.807) is 18.5 Å². The molecule has 2 rings (SSSR count). The number of nitrogens with zero attached hydrogens (tertiary/aromatic N) is 4. The van der Waals surface area contributed by atoms with Gasteiger partial charge in [-0.15, -0.1) is 0 Å². The summed E-state index contributed by atoms with van der Waals surface area (Å²) in [4.78, 5) is 20.1. The van der Waals surface area contributed by atoms with E-state index < -0.39 is 0 Å². The summed E-state index contributed by atoms with van der Waals surface area (Å²) in [7, 11) is 0. The summed E-state index contributed by atoms with van der Waals surface area (Å²) in [5, 5.41) is 10.4. The SMILES string of the molecule is Cc1nn(C(C)C)c(C)c1NC(=O)CCNc1ncccn1. The van der Waals surface area contributed by atoms with E-state index in [1.807, 2.05) is 18.5 Å². The van der Waals surface area contributed by atoms with Crippen LogP contribution in [-0.4, -0.2) is 32.2 Å². The Morgan fingerprint density at radius 3 is 2.55 bits per heavy atom. The molecule has 2 aromatic heterocycles. The fourth-order valence-electron chi connectivity index (χ4n) is 2.23. The Hall–Kier alpha value is -2.44. The molecule has 0 saturated heterocycles. The molecular formula is C15H22N6O. The van der Waals surface area contributed by atoms with Crippen LogP contribution in [0.5, 0.6) is 0 Å². The predicted molar refractivity (Wildman–Crippen MR) is 85.9 cm³/mol. The third kappa shape index (κ3) is 3.81. The molecule has 22 heavy (non-hydrogen) atoms. The number of hydrogen-bond acceptors (Lipinski definition) is 5. The average Bonchev–Trinajstić information content (AvgIpc) is 2.76. The summed E-state index contributed by atoms with van der Waals surface area (Å²) in [6.45, 7) is 8.47. The van der Waals surface area contributed by atoms with Gasteiger partial charge >= 0.3 is 0 Å². The number of aromatic nitrogens is 4. The van der Waals surface area contributed by atoms with E-state index in [0.717, 1.165) is 17.1 Å². The maximum atomic E-state index is 12.1. The summed E-state index contributed by atoms with van der Waals surface area (Å²) in [6, 6.07) is 2.01. The van der Waals surface area contributed by atoms with Crippen LogP contribution in [0.15, 0.2) is 18.5 Å². The first kappa shape index (κ1) is 15.9. The number of nitrogens with one attached hydrogen (secondary N) is 2. The first-order valence-electron chi connectivity index (χ1n) is 7.35. The summed E-state index contributed by atoms with van der Waals surface area (Å²) in [5.74, 6) is 0.466. The van der Waals surface area contributed by atoms with Gasteiger partial charge < -0.3 is 10.6 Å². The lowest BCUT2D eigenvalue weighted by Crippen LogP contribution is -2.17. The van der Waals surface area contributed by atoms with E-state index in [2.05, 4.69) is 39.5 Å². The molecular weight excluding hydrogens is 280 g/mol. The Kier molecular flexibility index (Phi) is 5.08. The number of carbonyl (C=O) groups is 1. The molecule has 0 atom stereocenters. The number of aryl methyl sites for hydroxylation is 1. The van der Waals surface area contributed by atoms with Crippen molar-refractivity contribution in [3.63, 3.8) is 0 Å². The van der Waals surface area contributed by atoms with Crippen LogP contribution in [0.1, 0.15) is 37.7 Å². The molecule has 2 N–H and O–H groups in total. The van der Waals surface area contributed by atoms with Crippen LogP contribution < -0.4 is 10.6 Å². The maximum Gasteiger partial charge on any atom is 0.226 e. The van der Waals surface area contributed by atoms with Crippen LogP contribution in [-0.2, 0) is 4.79 Å². The van der Waals surface area contributed by atoms with E-state index in [0.29, 0.717) is 18.9 Å². The van der Waals surface area contributed by atoms with E-state index >= 15 is 0 Å². The minimum atomic E-state index is -0.0575. The van der Waals surface area contributed by atoms with Gasteiger partial charge in [0.25, 0.3) is 0 Å². The molecule has 0 saturated carbocycles. The molecule has 0 unspecified atom stereocenters. The van der Waals surface area contributed by atoms with Crippen LogP contribution >= 0.6 is 0 Å². The Morgan fingerprint density at radius 1 is 1.27 bits per heavy atom. The molecule has 0 aliphatic heterocycles. The number of carbonyl (C=O) groups excluding carboxylic acids is 1. The zero-order valence-corrected chi connectivity index (χ0v) is 13.4. The van der Waals surface area contributed by atoms with Gasteiger partial charge in [0.2, 0.25) is 11.9 Å². The fourth-order valence-corrected chi connectivity index (χ4v) is 2.23. The van der Waals surface area contributed by atoms with Crippen LogP contribution in [0.3, 0.4) is 0 Å². The normalized spacial score (nSPS) is 10.8. The minimum Gasteiger partial charge on any atom is -0.354 e. The van der Waals surface area contributed by atoms with Crippen molar-refractivity contribution >= 4 is 17.5 Å². The first-order valence-corrected chi connectivity index (χ1v) is 7.35. The lowest BCUT2D eigenvalue weighted by Gasteiger charge is -2.09. The van der Waals surface area contributed by atoms with E-state index in [4.69, 9.17) is 0 Å². The van der Waals surface area contributed by atoms with Crippen LogP contribution in [0.2, 0.25) is 0 Å². The van der Waals surface area contributed by atoms with E-state index in [9.17, 15) is 4.79 Å². The van der Waals surface area contributed by atoms with Crippen LogP contribution in [0.4, 0.5) is 11.6 Å². The topological polar surface area (TPSA) is 84.7 Å². The van der Waals surface area contributed by atoms with Crippen molar-refractivity contribution in [3.05, 3.63) is 29.8 Å². The van der Waals surface area contributed by atoms with Gasteiger partial charge in [0.1, 0.15) is 0 Å². The highest BCUT2D eigenvalue weighted by Gasteiger charge is 2.15. The van der Waals surface area contributed by atoms with Crippen molar-refractivity contribution in [2.45, 2.75) is 40.2 Å². The molecule has 0 bridgehead atoms. The molecule has 0 fully saturated rings. The van der Waals surface area contributed by atoms with Gasteiger partial charge in [-0.25, -0.2) is 9.97 Å². The molecule has 0 aliphatic carbocycles. The van der Waals surface area contributed by atoms with Crippen molar-refractivity contribution in [1.82, 2.24) is 19.7 Å². The Bertz CT molecular complexity index is 635. The van der Waals surface area contributed by atoms with Gasteiger partial charge in [-0.1, -0.05) is 0 Å². The smallest absolute Gasteiger partial charge is 0.226 e. The Balaban J connectivity index is 1.90. The third-order valence-electron chi connectivity index (χ3n) is 3.28. The number of anilines is 2. The van der Waals surface area contributed by atoms with Crippen molar-refractivity contribution < 1.29 is 4.79 Å². The number of amides is 1. The summed E-state index contributed by atoms with van der Waals surface area (Å²) < 4.78 is 1.92. The van der Waals surface area contributed by atoms with Crippen molar-refractivity contribution in [1.29, 1.82) is 0 Å². The zero-order valence-electron chi connectivity index (χ0n) is 13.4. The second kappa shape index (κ2) is 7.02. The van der Waals surface area contributed by atoms with Crippen LogP contribution in [0.25, 0.3) is 0 Å². The van der Waals surface area contributed by atoms with Gasteiger partial charge in [0.05, 0.1) is 17.1 Å². The monoisotopic (exact) mass is 302 g/mol. The van der Waals surface area contributed by atoms with Gasteiger partial charge in [-0.3, -0.25) is 9.48 Å². The fraction of sp³-hybridized carbons (Fsp3) is 0.467. The lowest BCUT2D eigenvalue weighted by atomic mass is 10.3. The molecule has 0 aromatic carbocycles. The minimum absolute atomic E-state index is 0.0575. The second-order valence-corrected chi connectivity index (χ2v) is 5.38. The zero-order chi connectivity index (χ0) is 16.1. The molecule has 7 heteroatoms. The average molecular weight is 302 g/mol.